The molecule has 0 bridgehead atoms. The van der Waals surface area contributed by atoms with Crippen LogP contribution in [0, 0.1) is 6.92 Å². The number of hydrogen-bond acceptors (Lipinski definition) is 8. The van der Waals surface area contributed by atoms with E-state index in [4.69, 9.17) is 15.6 Å². The summed E-state index contributed by atoms with van der Waals surface area (Å²) in [7, 11) is 1.21. The highest BCUT2D eigenvalue weighted by Crippen LogP contribution is 2.33. The van der Waals surface area contributed by atoms with E-state index in [9.17, 15) is 14.4 Å². The topological polar surface area (TPSA) is 146 Å². The fraction of sp³-hybridized carbons (Fsp3) is 0.375. The molecule has 0 amide bonds. The van der Waals surface area contributed by atoms with Crippen molar-refractivity contribution >= 4 is 23.6 Å². The zero-order valence-corrected chi connectivity index (χ0v) is 19.8. The minimum atomic E-state index is -1.21. The molecule has 2 aromatic heterocycles. The third-order valence-electron chi connectivity index (χ3n) is 5.33. The van der Waals surface area contributed by atoms with E-state index in [-0.39, 0.29) is 29.0 Å². The van der Waals surface area contributed by atoms with Gasteiger partial charge in [0.25, 0.3) is 0 Å². The van der Waals surface area contributed by atoms with E-state index in [2.05, 4.69) is 14.8 Å². The Labute approximate surface area is 196 Å². The summed E-state index contributed by atoms with van der Waals surface area (Å²) in [6.45, 7) is 7.62. The molecule has 4 rings (SSSR count). The number of carbonyl (C=O) groups excluding carboxylic acids is 2. The molecule has 10 nitrogen and oxygen atoms in total. The van der Waals surface area contributed by atoms with Crippen molar-refractivity contribution in [3.05, 3.63) is 64.1 Å². The lowest BCUT2D eigenvalue weighted by molar-refractivity contribution is 0.00682. The fourth-order valence-electron chi connectivity index (χ4n) is 3.74. The number of carboxylic acid groups (broad SMARTS) is 1. The van der Waals surface area contributed by atoms with Gasteiger partial charge in [-0.1, -0.05) is 6.07 Å². The SMILES string of the molecule is COC(=O)c1cc(C(=O)O)nc2ccnn12.Cc1c(C(=O)OC(C)(C)C)ccc2c1CC[C@@H]2N. The van der Waals surface area contributed by atoms with Crippen LogP contribution < -0.4 is 5.73 Å². The standard InChI is InChI=1S/C15H21NO2.C9H7N3O4/c1-9-10-7-8-13(16)12(10)6-5-11(9)14(17)18-15(2,3)4;1-16-9(15)6-4-5(8(13)14)11-7-2-3-10-12(6)7/h5-6,13H,7-8,16H2,1-4H3;2-4H,1H3,(H,13,14)/t13-;/m0./s1. The highest BCUT2D eigenvalue weighted by Gasteiger charge is 2.26. The Balaban J connectivity index is 0.000000192. The zero-order valence-electron chi connectivity index (χ0n) is 19.8. The van der Waals surface area contributed by atoms with Crippen LogP contribution >= 0.6 is 0 Å². The third-order valence-corrected chi connectivity index (χ3v) is 5.33. The van der Waals surface area contributed by atoms with Crippen LogP contribution in [0.2, 0.25) is 0 Å². The smallest absolute Gasteiger partial charge is 0.356 e. The van der Waals surface area contributed by atoms with Crippen LogP contribution in [-0.2, 0) is 15.9 Å². The van der Waals surface area contributed by atoms with Crippen LogP contribution in [-0.4, -0.2) is 50.3 Å². The number of ether oxygens (including phenoxy) is 2. The van der Waals surface area contributed by atoms with Gasteiger partial charge in [-0.3, -0.25) is 0 Å². The number of benzene rings is 1. The Morgan fingerprint density at radius 1 is 1.18 bits per heavy atom. The van der Waals surface area contributed by atoms with Gasteiger partial charge in [-0.25, -0.2) is 23.9 Å². The summed E-state index contributed by atoms with van der Waals surface area (Å²) in [5, 5.41) is 12.7. The second kappa shape index (κ2) is 9.60. The van der Waals surface area contributed by atoms with Crippen LogP contribution in [0.25, 0.3) is 5.65 Å². The van der Waals surface area contributed by atoms with Gasteiger partial charge in [-0.05, 0) is 63.3 Å². The van der Waals surface area contributed by atoms with Gasteiger partial charge in [0.2, 0.25) is 0 Å². The largest absolute Gasteiger partial charge is 0.477 e. The van der Waals surface area contributed by atoms with Crippen molar-refractivity contribution in [2.24, 2.45) is 5.73 Å². The zero-order chi connectivity index (χ0) is 25.2. The maximum atomic E-state index is 12.1. The third kappa shape index (κ3) is 5.23. The molecule has 3 aromatic rings. The van der Waals surface area contributed by atoms with E-state index in [1.165, 1.54) is 35.0 Å². The molecule has 0 radical (unpaired) electrons. The Hall–Kier alpha value is -3.79. The summed E-state index contributed by atoms with van der Waals surface area (Å²) in [6.07, 6.45) is 3.34. The average molecular weight is 469 g/mol. The number of nitrogens with two attached hydrogens (primary N) is 1. The average Bonchev–Trinajstić information content (AvgIpc) is 3.39. The summed E-state index contributed by atoms with van der Waals surface area (Å²) < 4.78 is 11.2. The van der Waals surface area contributed by atoms with Crippen LogP contribution in [0.15, 0.2) is 30.5 Å². The van der Waals surface area contributed by atoms with Crippen LogP contribution in [0.1, 0.15) is 81.3 Å². The molecular formula is C24H28N4O6. The second-order valence-corrected chi connectivity index (χ2v) is 8.88. The van der Waals surface area contributed by atoms with Crippen molar-refractivity contribution in [2.45, 2.75) is 52.2 Å². The Bertz CT molecular complexity index is 1260. The molecule has 0 spiro atoms. The van der Waals surface area contributed by atoms with Crippen molar-refractivity contribution in [2.75, 3.05) is 7.11 Å². The number of fused-ring (bicyclic) bond motifs is 2. The quantitative estimate of drug-likeness (QED) is 0.553. The number of rotatable bonds is 3. The van der Waals surface area contributed by atoms with Gasteiger partial charge in [0, 0.05) is 18.2 Å². The first-order valence-corrected chi connectivity index (χ1v) is 10.7. The lowest BCUT2D eigenvalue weighted by Crippen LogP contribution is -2.24. The highest BCUT2D eigenvalue weighted by molar-refractivity contribution is 5.93. The number of esters is 2. The molecule has 1 aliphatic carbocycles. The van der Waals surface area contributed by atoms with Crippen molar-refractivity contribution < 1.29 is 29.0 Å². The molecule has 0 unspecified atom stereocenters. The first-order valence-electron chi connectivity index (χ1n) is 10.7. The Kier molecular flexibility index (Phi) is 7.01. The van der Waals surface area contributed by atoms with Gasteiger partial charge < -0.3 is 20.3 Å². The molecule has 0 aliphatic heterocycles. The van der Waals surface area contributed by atoms with Crippen LogP contribution in [0.4, 0.5) is 0 Å². The Morgan fingerprint density at radius 3 is 2.50 bits per heavy atom. The summed E-state index contributed by atoms with van der Waals surface area (Å²) >= 11 is 0. The molecule has 0 fully saturated rings. The fourth-order valence-corrected chi connectivity index (χ4v) is 3.74. The molecule has 1 atom stereocenters. The summed E-state index contributed by atoms with van der Waals surface area (Å²) in [5.41, 5.74) is 9.74. The summed E-state index contributed by atoms with van der Waals surface area (Å²) in [5.74, 6) is -2.13. The molecular weight excluding hydrogens is 440 g/mol. The molecule has 3 N–H and O–H groups in total. The number of carbonyl (C=O) groups is 3. The lowest BCUT2D eigenvalue weighted by atomic mass is 9.98. The first kappa shape index (κ1) is 24.8. The predicted octanol–water partition coefficient (Wildman–Crippen LogP) is 3.11. The minimum Gasteiger partial charge on any atom is -0.477 e. The van der Waals surface area contributed by atoms with E-state index in [1.54, 1.807) is 0 Å². The summed E-state index contributed by atoms with van der Waals surface area (Å²) in [6, 6.07) is 6.55. The molecule has 2 heterocycles. The minimum absolute atomic E-state index is 0.0231. The van der Waals surface area contributed by atoms with Crippen molar-refractivity contribution in [1.82, 2.24) is 14.6 Å². The second-order valence-electron chi connectivity index (χ2n) is 8.88. The first-order chi connectivity index (χ1) is 15.9. The number of methoxy groups -OCH3 is 1. The number of hydrogen-bond donors (Lipinski definition) is 2. The van der Waals surface area contributed by atoms with Gasteiger partial charge >= 0.3 is 17.9 Å². The summed E-state index contributed by atoms with van der Waals surface area (Å²) in [4.78, 5) is 38.1. The molecule has 1 aromatic carbocycles. The molecule has 0 saturated carbocycles. The number of aromatic carboxylic acids is 1. The van der Waals surface area contributed by atoms with Crippen molar-refractivity contribution in [3.63, 3.8) is 0 Å². The molecule has 10 heteroatoms. The number of nitrogens with zero attached hydrogens (tertiary/aromatic N) is 3. The molecule has 180 valence electrons. The number of carboxylic acids is 1. The normalized spacial score (nSPS) is 14.7. The van der Waals surface area contributed by atoms with Crippen LogP contribution in [0.5, 0.6) is 0 Å². The maximum absolute atomic E-state index is 12.1. The van der Waals surface area contributed by atoms with E-state index >= 15 is 0 Å². The predicted molar refractivity (Wildman–Crippen MR) is 123 cm³/mol. The van der Waals surface area contributed by atoms with Crippen LogP contribution in [0.3, 0.4) is 0 Å². The van der Waals surface area contributed by atoms with Gasteiger partial charge in [-0.2, -0.15) is 5.10 Å². The van der Waals surface area contributed by atoms with Crippen molar-refractivity contribution in [3.8, 4) is 0 Å². The van der Waals surface area contributed by atoms with E-state index in [0.29, 0.717) is 5.56 Å². The van der Waals surface area contributed by atoms with Gasteiger partial charge in [0.05, 0.1) is 18.9 Å². The van der Waals surface area contributed by atoms with Gasteiger partial charge in [-0.15, -0.1) is 0 Å². The molecule has 34 heavy (non-hydrogen) atoms. The van der Waals surface area contributed by atoms with E-state index in [0.717, 1.165) is 24.5 Å². The maximum Gasteiger partial charge on any atom is 0.356 e. The Morgan fingerprint density at radius 2 is 1.88 bits per heavy atom. The van der Waals surface area contributed by atoms with E-state index < -0.39 is 17.5 Å². The highest BCUT2D eigenvalue weighted by atomic mass is 16.6. The van der Waals surface area contributed by atoms with Gasteiger partial charge in [0.15, 0.2) is 17.0 Å². The van der Waals surface area contributed by atoms with E-state index in [1.807, 2.05) is 39.8 Å². The van der Waals surface area contributed by atoms with Gasteiger partial charge in [0.1, 0.15) is 5.60 Å². The monoisotopic (exact) mass is 468 g/mol. The molecule has 1 aliphatic rings. The lowest BCUT2D eigenvalue weighted by Gasteiger charge is -2.21. The number of aromatic nitrogens is 3. The molecule has 0 saturated heterocycles. The van der Waals surface area contributed by atoms with Crippen molar-refractivity contribution in [1.29, 1.82) is 0 Å².